The van der Waals surface area contributed by atoms with Crippen molar-refractivity contribution in [3.8, 4) is 17.2 Å². The number of hydrogen-bond acceptors (Lipinski definition) is 6. The number of halogens is 1. The van der Waals surface area contributed by atoms with Crippen LogP contribution in [-0.4, -0.2) is 49.5 Å². The van der Waals surface area contributed by atoms with E-state index >= 15 is 0 Å². The van der Waals surface area contributed by atoms with Gasteiger partial charge in [0.25, 0.3) is 5.91 Å². The predicted molar refractivity (Wildman–Crippen MR) is 117 cm³/mol. The van der Waals surface area contributed by atoms with Crippen molar-refractivity contribution in [3.63, 3.8) is 0 Å². The van der Waals surface area contributed by atoms with Gasteiger partial charge in [0.05, 0.1) is 24.3 Å². The number of hydrogen-bond donors (Lipinski definition) is 0. The van der Waals surface area contributed by atoms with Crippen LogP contribution in [0.15, 0.2) is 42.5 Å². The van der Waals surface area contributed by atoms with E-state index in [1.807, 2.05) is 31.2 Å². The largest absolute Gasteiger partial charge is 0.493 e. The second-order valence-electron chi connectivity index (χ2n) is 6.99. The molecule has 0 saturated carbocycles. The van der Waals surface area contributed by atoms with E-state index in [9.17, 15) is 4.79 Å². The highest BCUT2D eigenvalue weighted by Gasteiger charge is 2.22. The summed E-state index contributed by atoms with van der Waals surface area (Å²) in [6, 6.07) is 12.8. The number of nitrogens with zero attached hydrogens (tertiary/aromatic N) is 2. The van der Waals surface area contributed by atoms with Gasteiger partial charge in [0, 0.05) is 37.2 Å². The number of para-hydroxylation sites is 1. The minimum atomic E-state index is -0.164. The molecule has 2 aromatic carbocycles. The average Bonchev–Trinajstić information content (AvgIpc) is 3.23. The van der Waals surface area contributed by atoms with E-state index in [-0.39, 0.29) is 19.2 Å². The van der Waals surface area contributed by atoms with E-state index in [1.165, 1.54) is 0 Å². The lowest BCUT2D eigenvalue weighted by molar-refractivity contribution is 0.0676. The number of rotatable bonds is 8. The molecule has 0 N–H and O–H groups in total. The number of carbonyl (C=O) groups excluding carboxylic acids is 1. The lowest BCUT2D eigenvalue weighted by Crippen LogP contribution is -2.34. The molecule has 1 aliphatic rings. The number of amides is 1. The molecule has 162 valence electrons. The zero-order chi connectivity index (χ0) is 21.8. The summed E-state index contributed by atoms with van der Waals surface area (Å²) in [7, 11) is 1.60. The third-order valence-corrected chi connectivity index (χ3v) is 5.29. The summed E-state index contributed by atoms with van der Waals surface area (Å²) in [5.41, 5.74) is 1.93. The van der Waals surface area contributed by atoms with Gasteiger partial charge in [0.2, 0.25) is 6.79 Å². The molecule has 1 aromatic heterocycles. The normalized spacial score (nSPS) is 12.2. The van der Waals surface area contributed by atoms with Gasteiger partial charge in [-0.15, -0.1) is 0 Å². The molecule has 4 rings (SSSR count). The van der Waals surface area contributed by atoms with Gasteiger partial charge in [-0.3, -0.25) is 4.79 Å². The number of pyridine rings is 1. The highest BCUT2D eigenvalue weighted by molar-refractivity contribution is 6.30. The first-order valence-corrected chi connectivity index (χ1v) is 10.4. The molecule has 0 bridgehead atoms. The lowest BCUT2D eigenvalue weighted by Gasteiger charge is -2.24. The second kappa shape index (κ2) is 9.41. The highest BCUT2D eigenvalue weighted by atomic mass is 35.5. The predicted octanol–water partition coefficient (Wildman–Crippen LogP) is 4.30. The van der Waals surface area contributed by atoms with Gasteiger partial charge >= 0.3 is 0 Å². The first-order chi connectivity index (χ1) is 15.1. The van der Waals surface area contributed by atoms with E-state index in [4.69, 9.17) is 30.5 Å². The minimum absolute atomic E-state index is 0.164. The molecule has 3 aromatic rings. The zero-order valence-electron chi connectivity index (χ0n) is 17.4. The van der Waals surface area contributed by atoms with Crippen LogP contribution in [0.25, 0.3) is 10.9 Å². The fraction of sp³-hybridized carbons (Fsp3) is 0.304. The van der Waals surface area contributed by atoms with Crippen molar-refractivity contribution in [1.29, 1.82) is 0 Å². The molecule has 0 fully saturated rings. The maximum absolute atomic E-state index is 13.4. The highest BCUT2D eigenvalue weighted by Crippen LogP contribution is 2.36. The molecular formula is C23H23ClN2O5. The van der Waals surface area contributed by atoms with Crippen LogP contribution in [0.5, 0.6) is 17.2 Å². The van der Waals surface area contributed by atoms with Crippen molar-refractivity contribution >= 4 is 28.4 Å². The standard InChI is InChI=1S/C23H23ClN2O5/c1-3-29-19-7-5-4-6-17(19)23(27)26(8-9-28-2)13-16-10-15-11-20-21(31-14-30-20)12-18(15)25-22(16)24/h4-7,10-12H,3,8-9,13-14H2,1-2H3. The Labute approximate surface area is 185 Å². The van der Waals surface area contributed by atoms with Crippen molar-refractivity contribution < 1.29 is 23.7 Å². The van der Waals surface area contributed by atoms with Gasteiger partial charge < -0.3 is 23.8 Å². The van der Waals surface area contributed by atoms with Crippen LogP contribution in [0.4, 0.5) is 0 Å². The van der Waals surface area contributed by atoms with E-state index in [0.717, 1.165) is 10.9 Å². The molecule has 0 saturated heterocycles. The maximum Gasteiger partial charge on any atom is 0.257 e. The van der Waals surface area contributed by atoms with Gasteiger partial charge in [-0.2, -0.15) is 0 Å². The first-order valence-electron chi connectivity index (χ1n) is 9.99. The van der Waals surface area contributed by atoms with Crippen LogP contribution in [0.3, 0.4) is 0 Å². The van der Waals surface area contributed by atoms with Crippen molar-refractivity contribution in [2.45, 2.75) is 13.5 Å². The Morgan fingerprint density at radius 1 is 1.19 bits per heavy atom. The SMILES string of the molecule is CCOc1ccccc1C(=O)N(CCOC)Cc1cc2cc3c(cc2nc1Cl)OCO3. The molecular weight excluding hydrogens is 420 g/mol. The fourth-order valence-electron chi connectivity index (χ4n) is 3.45. The Hall–Kier alpha value is -3.03. The minimum Gasteiger partial charge on any atom is -0.493 e. The third-order valence-electron chi connectivity index (χ3n) is 4.97. The summed E-state index contributed by atoms with van der Waals surface area (Å²) in [6.45, 7) is 3.60. The van der Waals surface area contributed by atoms with E-state index < -0.39 is 0 Å². The molecule has 0 spiro atoms. The monoisotopic (exact) mass is 442 g/mol. The smallest absolute Gasteiger partial charge is 0.257 e. The fourth-order valence-corrected chi connectivity index (χ4v) is 3.66. The summed E-state index contributed by atoms with van der Waals surface area (Å²) in [6.07, 6.45) is 0. The molecule has 31 heavy (non-hydrogen) atoms. The zero-order valence-corrected chi connectivity index (χ0v) is 18.1. The van der Waals surface area contributed by atoms with E-state index in [2.05, 4.69) is 4.98 Å². The van der Waals surface area contributed by atoms with Gasteiger partial charge in [0.1, 0.15) is 10.9 Å². The van der Waals surface area contributed by atoms with Crippen LogP contribution in [-0.2, 0) is 11.3 Å². The van der Waals surface area contributed by atoms with Crippen molar-refractivity contribution in [2.24, 2.45) is 0 Å². The molecule has 1 amide bonds. The molecule has 1 aliphatic heterocycles. The van der Waals surface area contributed by atoms with Gasteiger partial charge in [-0.25, -0.2) is 4.98 Å². The van der Waals surface area contributed by atoms with Gasteiger partial charge in [-0.1, -0.05) is 23.7 Å². The Kier molecular flexibility index (Phi) is 6.44. The number of carbonyl (C=O) groups is 1. The van der Waals surface area contributed by atoms with Crippen LogP contribution >= 0.6 is 11.6 Å². The number of aromatic nitrogens is 1. The number of methoxy groups -OCH3 is 1. The third kappa shape index (κ3) is 4.52. The number of fused-ring (bicyclic) bond motifs is 2. The number of ether oxygens (including phenoxy) is 4. The molecule has 0 aliphatic carbocycles. The summed E-state index contributed by atoms with van der Waals surface area (Å²) in [5, 5.41) is 1.19. The van der Waals surface area contributed by atoms with Crippen molar-refractivity contribution in [2.75, 3.05) is 33.7 Å². The van der Waals surface area contributed by atoms with Crippen LogP contribution in [0, 0.1) is 0 Å². The Bertz CT molecular complexity index is 1100. The Balaban J connectivity index is 1.66. The Morgan fingerprint density at radius 2 is 1.97 bits per heavy atom. The van der Waals surface area contributed by atoms with E-state index in [0.29, 0.717) is 53.2 Å². The van der Waals surface area contributed by atoms with Crippen molar-refractivity contribution in [3.05, 3.63) is 58.7 Å². The van der Waals surface area contributed by atoms with Crippen LogP contribution in [0.2, 0.25) is 5.15 Å². The van der Waals surface area contributed by atoms with Crippen LogP contribution in [0.1, 0.15) is 22.8 Å². The summed E-state index contributed by atoms with van der Waals surface area (Å²) >= 11 is 6.49. The average molecular weight is 443 g/mol. The summed E-state index contributed by atoms with van der Waals surface area (Å²) in [4.78, 5) is 19.6. The molecule has 8 heteroatoms. The quantitative estimate of drug-likeness (QED) is 0.484. The molecule has 0 radical (unpaired) electrons. The van der Waals surface area contributed by atoms with Gasteiger partial charge in [0.15, 0.2) is 11.5 Å². The van der Waals surface area contributed by atoms with E-state index in [1.54, 1.807) is 30.2 Å². The van der Waals surface area contributed by atoms with Crippen LogP contribution < -0.4 is 14.2 Å². The molecule has 0 unspecified atom stereocenters. The summed E-state index contributed by atoms with van der Waals surface area (Å²) < 4.78 is 21.7. The molecule has 2 heterocycles. The van der Waals surface area contributed by atoms with Crippen molar-refractivity contribution in [1.82, 2.24) is 9.88 Å². The Morgan fingerprint density at radius 3 is 2.74 bits per heavy atom. The van der Waals surface area contributed by atoms with Gasteiger partial charge in [-0.05, 0) is 31.2 Å². The number of benzene rings is 2. The summed E-state index contributed by atoms with van der Waals surface area (Å²) in [5.74, 6) is 1.70. The maximum atomic E-state index is 13.4. The topological polar surface area (TPSA) is 70.1 Å². The second-order valence-corrected chi connectivity index (χ2v) is 7.34. The molecule has 7 nitrogen and oxygen atoms in total. The molecule has 0 atom stereocenters. The first kappa shape index (κ1) is 21.2. The lowest BCUT2D eigenvalue weighted by atomic mass is 10.1.